The molecular formula is C19H25N3O3. The van der Waals surface area contributed by atoms with Crippen LogP contribution in [0.5, 0.6) is 5.75 Å². The number of aryl methyl sites for hydroxylation is 1. The fraction of sp³-hybridized carbons (Fsp3) is 0.474. The van der Waals surface area contributed by atoms with Gasteiger partial charge in [0, 0.05) is 19.8 Å². The van der Waals surface area contributed by atoms with Crippen molar-refractivity contribution < 1.29 is 14.6 Å². The molecule has 0 radical (unpaired) electrons. The first-order valence-corrected chi connectivity index (χ1v) is 8.55. The van der Waals surface area contributed by atoms with Crippen molar-refractivity contribution >= 4 is 5.91 Å². The molecule has 1 N–H and O–H groups in total. The third-order valence-corrected chi connectivity index (χ3v) is 5.01. The van der Waals surface area contributed by atoms with Crippen LogP contribution in [0.3, 0.4) is 0 Å². The average Bonchev–Trinajstić information content (AvgIpc) is 3.24. The number of carbonyl (C=O) groups excluding carboxylic acids is 1. The summed E-state index contributed by atoms with van der Waals surface area (Å²) in [4.78, 5) is 14.6. The minimum Gasteiger partial charge on any atom is -0.497 e. The molecular weight excluding hydrogens is 318 g/mol. The lowest BCUT2D eigenvalue weighted by Crippen LogP contribution is -2.48. The van der Waals surface area contributed by atoms with E-state index in [-0.39, 0.29) is 11.9 Å². The summed E-state index contributed by atoms with van der Waals surface area (Å²) in [6, 6.07) is 7.16. The Bertz CT molecular complexity index is 737. The molecule has 1 saturated heterocycles. The minimum atomic E-state index is -1.10. The Morgan fingerprint density at radius 3 is 2.72 bits per heavy atom. The Morgan fingerprint density at radius 1 is 1.40 bits per heavy atom. The van der Waals surface area contributed by atoms with E-state index in [0.29, 0.717) is 13.0 Å². The van der Waals surface area contributed by atoms with E-state index in [4.69, 9.17) is 4.74 Å². The molecule has 0 aliphatic carbocycles. The van der Waals surface area contributed by atoms with E-state index in [0.717, 1.165) is 29.7 Å². The highest BCUT2D eigenvalue weighted by atomic mass is 16.5. The van der Waals surface area contributed by atoms with Gasteiger partial charge in [0.15, 0.2) is 0 Å². The van der Waals surface area contributed by atoms with Gasteiger partial charge in [0.05, 0.1) is 25.8 Å². The van der Waals surface area contributed by atoms with Crippen molar-refractivity contribution in [3.05, 3.63) is 47.8 Å². The molecule has 1 amide bonds. The van der Waals surface area contributed by atoms with E-state index in [1.54, 1.807) is 24.9 Å². The van der Waals surface area contributed by atoms with Crippen LogP contribution in [-0.2, 0) is 23.9 Å². The van der Waals surface area contributed by atoms with E-state index >= 15 is 0 Å². The highest BCUT2D eigenvalue weighted by molar-refractivity contribution is 5.79. The van der Waals surface area contributed by atoms with Gasteiger partial charge in [-0.25, -0.2) is 0 Å². The number of likely N-dealkylation sites (tertiary alicyclic amines) is 1. The number of carbonyl (C=O) groups is 1. The molecule has 0 spiro atoms. The van der Waals surface area contributed by atoms with E-state index < -0.39 is 5.60 Å². The van der Waals surface area contributed by atoms with Gasteiger partial charge in [-0.05, 0) is 43.0 Å². The molecule has 2 atom stereocenters. The third-order valence-electron chi connectivity index (χ3n) is 5.01. The fourth-order valence-corrected chi connectivity index (χ4v) is 3.61. The van der Waals surface area contributed by atoms with Gasteiger partial charge in [-0.3, -0.25) is 9.48 Å². The molecule has 25 heavy (non-hydrogen) atoms. The Morgan fingerprint density at radius 2 is 2.12 bits per heavy atom. The van der Waals surface area contributed by atoms with Crippen LogP contribution in [0.2, 0.25) is 0 Å². The zero-order valence-corrected chi connectivity index (χ0v) is 15.0. The van der Waals surface area contributed by atoms with E-state index in [9.17, 15) is 9.90 Å². The highest BCUT2D eigenvalue weighted by Gasteiger charge is 2.42. The summed E-state index contributed by atoms with van der Waals surface area (Å²) < 4.78 is 6.87. The van der Waals surface area contributed by atoms with Crippen LogP contribution in [0, 0.1) is 0 Å². The van der Waals surface area contributed by atoms with Gasteiger partial charge >= 0.3 is 0 Å². The van der Waals surface area contributed by atoms with Gasteiger partial charge in [0.1, 0.15) is 11.4 Å². The third kappa shape index (κ3) is 3.54. The van der Waals surface area contributed by atoms with E-state index in [1.807, 2.05) is 42.4 Å². The monoisotopic (exact) mass is 343 g/mol. The molecule has 0 unspecified atom stereocenters. The Hall–Kier alpha value is -2.34. The fourth-order valence-electron chi connectivity index (χ4n) is 3.61. The standard InChI is InChI=1S/C19H25N3O3/c1-19(24,15-6-8-16(25-3)9-7-15)17-5-4-10-22(17)18(23)11-14-12-20-21(2)13-14/h6-9,12-13,17,24H,4-5,10-11H2,1-3H3/t17-,19+/m0/s1. The first-order valence-electron chi connectivity index (χ1n) is 8.55. The zero-order valence-electron chi connectivity index (χ0n) is 15.0. The molecule has 1 aliphatic rings. The second-order valence-corrected chi connectivity index (χ2v) is 6.82. The van der Waals surface area contributed by atoms with Gasteiger partial charge < -0.3 is 14.7 Å². The lowest BCUT2D eigenvalue weighted by molar-refractivity contribution is -0.137. The van der Waals surface area contributed by atoms with Crippen molar-refractivity contribution in [2.24, 2.45) is 7.05 Å². The maximum Gasteiger partial charge on any atom is 0.227 e. The summed E-state index contributed by atoms with van der Waals surface area (Å²) in [5.41, 5.74) is 0.578. The lowest BCUT2D eigenvalue weighted by atomic mass is 9.86. The predicted molar refractivity (Wildman–Crippen MR) is 94.2 cm³/mol. The van der Waals surface area contributed by atoms with E-state index in [1.165, 1.54) is 0 Å². The van der Waals surface area contributed by atoms with Gasteiger partial charge in [-0.1, -0.05) is 12.1 Å². The quantitative estimate of drug-likeness (QED) is 0.900. The lowest BCUT2D eigenvalue weighted by Gasteiger charge is -2.37. The molecule has 3 rings (SSSR count). The van der Waals surface area contributed by atoms with Gasteiger partial charge in [0.25, 0.3) is 0 Å². The molecule has 0 bridgehead atoms. The van der Waals surface area contributed by atoms with Crippen molar-refractivity contribution in [1.82, 2.24) is 14.7 Å². The molecule has 1 aromatic carbocycles. The topological polar surface area (TPSA) is 67.6 Å². The van der Waals surface area contributed by atoms with Crippen molar-refractivity contribution in [3.8, 4) is 5.75 Å². The summed E-state index contributed by atoms with van der Waals surface area (Å²) in [7, 11) is 3.45. The van der Waals surface area contributed by atoms with Crippen molar-refractivity contribution in [3.63, 3.8) is 0 Å². The summed E-state index contributed by atoms with van der Waals surface area (Å²) in [6.07, 6.45) is 5.56. The SMILES string of the molecule is COc1ccc([C@@](C)(O)[C@@H]2CCCN2C(=O)Cc2cnn(C)c2)cc1. The number of methoxy groups -OCH3 is 1. The van der Waals surface area contributed by atoms with Crippen molar-refractivity contribution in [2.75, 3.05) is 13.7 Å². The molecule has 6 nitrogen and oxygen atoms in total. The molecule has 1 fully saturated rings. The van der Waals surface area contributed by atoms with Gasteiger partial charge in [0.2, 0.25) is 5.91 Å². The van der Waals surface area contributed by atoms with Crippen LogP contribution in [-0.4, -0.2) is 45.4 Å². The Balaban J connectivity index is 1.77. The van der Waals surface area contributed by atoms with Crippen LogP contribution in [0.4, 0.5) is 0 Å². The van der Waals surface area contributed by atoms with Crippen LogP contribution in [0.25, 0.3) is 0 Å². The number of benzene rings is 1. The summed E-state index contributed by atoms with van der Waals surface area (Å²) >= 11 is 0. The number of amides is 1. The molecule has 2 aromatic rings. The molecule has 1 aliphatic heterocycles. The van der Waals surface area contributed by atoms with Crippen LogP contribution >= 0.6 is 0 Å². The number of nitrogens with zero attached hydrogens (tertiary/aromatic N) is 3. The number of rotatable bonds is 5. The molecule has 2 heterocycles. The summed E-state index contributed by atoms with van der Waals surface area (Å²) in [5, 5.41) is 15.3. The van der Waals surface area contributed by atoms with Crippen LogP contribution < -0.4 is 4.74 Å². The number of hydrogen-bond acceptors (Lipinski definition) is 4. The first-order chi connectivity index (χ1) is 11.9. The number of aromatic nitrogens is 2. The van der Waals surface area contributed by atoms with Crippen LogP contribution in [0.15, 0.2) is 36.7 Å². The largest absolute Gasteiger partial charge is 0.497 e. The van der Waals surface area contributed by atoms with Crippen molar-refractivity contribution in [1.29, 1.82) is 0 Å². The number of ether oxygens (including phenoxy) is 1. The van der Waals surface area contributed by atoms with E-state index in [2.05, 4.69) is 5.10 Å². The van der Waals surface area contributed by atoms with Gasteiger partial charge in [-0.15, -0.1) is 0 Å². The Kier molecular flexibility index (Phi) is 4.81. The highest BCUT2D eigenvalue weighted by Crippen LogP contribution is 2.35. The smallest absolute Gasteiger partial charge is 0.227 e. The second kappa shape index (κ2) is 6.88. The van der Waals surface area contributed by atoms with Crippen LogP contribution in [0.1, 0.15) is 30.9 Å². The number of aliphatic hydroxyl groups is 1. The zero-order chi connectivity index (χ0) is 18.0. The summed E-state index contributed by atoms with van der Waals surface area (Å²) in [6.45, 7) is 2.46. The van der Waals surface area contributed by atoms with Gasteiger partial charge in [-0.2, -0.15) is 5.10 Å². The average molecular weight is 343 g/mol. The first kappa shape index (κ1) is 17.5. The normalized spacial score (nSPS) is 19.7. The second-order valence-electron chi connectivity index (χ2n) is 6.82. The molecule has 134 valence electrons. The molecule has 1 aromatic heterocycles. The maximum absolute atomic E-state index is 12.8. The predicted octanol–water partition coefficient (Wildman–Crippen LogP) is 1.87. The molecule has 0 saturated carbocycles. The Labute approximate surface area is 148 Å². The molecule has 6 heteroatoms. The minimum absolute atomic E-state index is 0.0317. The number of hydrogen-bond donors (Lipinski definition) is 1. The van der Waals surface area contributed by atoms with Crippen molar-refractivity contribution in [2.45, 2.75) is 37.8 Å². The maximum atomic E-state index is 12.8. The summed E-state index contributed by atoms with van der Waals surface area (Å²) in [5.74, 6) is 0.778.